The van der Waals surface area contributed by atoms with Gasteiger partial charge in [0.2, 0.25) is 6.29 Å². The van der Waals surface area contributed by atoms with Gasteiger partial charge in [0.15, 0.2) is 0 Å². The number of aliphatic hydroxyl groups is 3. The highest BCUT2D eigenvalue weighted by atomic mass is 16.7. The molecule has 1 fully saturated rings. The summed E-state index contributed by atoms with van der Waals surface area (Å²) in [4.78, 5) is 11.7. The van der Waals surface area contributed by atoms with Gasteiger partial charge in [-0.25, -0.2) is 0 Å². The second-order valence-corrected chi connectivity index (χ2v) is 5.44. The fourth-order valence-corrected chi connectivity index (χ4v) is 2.27. The van der Waals surface area contributed by atoms with Crippen LogP contribution in [0.2, 0.25) is 0 Å². The van der Waals surface area contributed by atoms with Crippen LogP contribution in [-0.4, -0.2) is 58.5 Å². The van der Waals surface area contributed by atoms with Crippen molar-refractivity contribution in [1.29, 1.82) is 0 Å². The molecule has 1 heterocycles. The van der Waals surface area contributed by atoms with E-state index in [-0.39, 0.29) is 6.42 Å². The van der Waals surface area contributed by atoms with Crippen molar-refractivity contribution in [3.05, 3.63) is 0 Å². The van der Waals surface area contributed by atoms with Crippen LogP contribution in [0, 0.1) is 0 Å². The molecule has 21 heavy (non-hydrogen) atoms. The van der Waals surface area contributed by atoms with Crippen molar-refractivity contribution in [3.63, 3.8) is 0 Å². The summed E-state index contributed by atoms with van der Waals surface area (Å²) in [5, 5.41) is 28.4. The lowest BCUT2D eigenvalue weighted by atomic mass is 9.98. The summed E-state index contributed by atoms with van der Waals surface area (Å²) in [5.41, 5.74) is 5.68. The maximum atomic E-state index is 11.7. The molecule has 1 unspecified atom stereocenters. The molecule has 0 amide bonds. The molecule has 0 aliphatic carbocycles. The molecule has 0 saturated carbocycles. The summed E-state index contributed by atoms with van der Waals surface area (Å²) in [6, 6.07) is -1.04. The number of ether oxygens (including phenoxy) is 2. The van der Waals surface area contributed by atoms with Gasteiger partial charge < -0.3 is 30.5 Å². The molecule has 0 spiro atoms. The van der Waals surface area contributed by atoms with E-state index in [0.29, 0.717) is 0 Å². The van der Waals surface area contributed by atoms with E-state index in [4.69, 9.17) is 20.3 Å². The summed E-state index contributed by atoms with van der Waals surface area (Å²) < 4.78 is 10.3. The normalized spacial score (nSPS) is 32.9. The van der Waals surface area contributed by atoms with Crippen LogP contribution in [0.4, 0.5) is 0 Å². The zero-order chi connectivity index (χ0) is 15.8. The molecule has 5 N–H and O–H groups in total. The average molecular weight is 305 g/mol. The van der Waals surface area contributed by atoms with Crippen molar-refractivity contribution < 1.29 is 29.6 Å². The molecule has 1 rings (SSSR count). The van der Waals surface area contributed by atoms with Crippen LogP contribution in [0.5, 0.6) is 0 Å². The highest BCUT2D eigenvalue weighted by Gasteiger charge is 2.44. The molecule has 1 saturated heterocycles. The van der Waals surface area contributed by atoms with Crippen LogP contribution >= 0.6 is 0 Å². The Morgan fingerprint density at radius 1 is 1.19 bits per heavy atom. The first kappa shape index (κ1) is 18.3. The lowest BCUT2D eigenvalue weighted by molar-refractivity contribution is -0.259. The van der Waals surface area contributed by atoms with E-state index in [9.17, 15) is 15.0 Å². The van der Waals surface area contributed by atoms with Gasteiger partial charge in [-0.1, -0.05) is 32.6 Å². The molecule has 124 valence electrons. The van der Waals surface area contributed by atoms with Crippen LogP contribution in [-0.2, 0) is 14.3 Å². The van der Waals surface area contributed by atoms with E-state index in [1.165, 1.54) is 0 Å². The van der Waals surface area contributed by atoms with Crippen molar-refractivity contribution in [1.82, 2.24) is 0 Å². The number of rotatable bonds is 8. The molecule has 1 aliphatic rings. The number of esters is 1. The third kappa shape index (κ3) is 5.52. The minimum absolute atomic E-state index is 0.263. The minimum Gasteiger partial charge on any atom is -0.434 e. The van der Waals surface area contributed by atoms with Crippen molar-refractivity contribution in [2.24, 2.45) is 5.73 Å². The topological polar surface area (TPSA) is 122 Å². The van der Waals surface area contributed by atoms with Crippen molar-refractivity contribution >= 4 is 5.97 Å². The number of carbonyl (C=O) groups is 1. The Morgan fingerprint density at radius 2 is 1.86 bits per heavy atom. The van der Waals surface area contributed by atoms with Gasteiger partial charge in [-0.2, -0.15) is 0 Å². The zero-order valence-electron chi connectivity index (χ0n) is 12.5. The Hall–Kier alpha value is -0.730. The molecule has 1 aliphatic heterocycles. The molecule has 0 aromatic heterocycles. The highest BCUT2D eigenvalue weighted by molar-refractivity contribution is 5.69. The third-order valence-electron chi connectivity index (χ3n) is 3.66. The van der Waals surface area contributed by atoms with Crippen LogP contribution in [0.25, 0.3) is 0 Å². The van der Waals surface area contributed by atoms with Crippen LogP contribution < -0.4 is 5.73 Å². The maximum Gasteiger partial charge on any atom is 0.308 e. The van der Waals surface area contributed by atoms with Gasteiger partial charge >= 0.3 is 5.97 Å². The number of hydrogen-bond donors (Lipinski definition) is 4. The van der Waals surface area contributed by atoms with Gasteiger partial charge in [0.05, 0.1) is 12.6 Å². The Labute approximate surface area is 125 Å². The predicted octanol–water partition coefficient (Wildman–Crippen LogP) is -0.344. The summed E-state index contributed by atoms with van der Waals surface area (Å²) in [7, 11) is 0. The van der Waals surface area contributed by atoms with Crippen molar-refractivity contribution in [2.75, 3.05) is 6.61 Å². The highest BCUT2D eigenvalue weighted by Crippen LogP contribution is 2.21. The lowest BCUT2D eigenvalue weighted by Gasteiger charge is -2.39. The Bertz CT molecular complexity index is 312. The second-order valence-electron chi connectivity index (χ2n) is 5.44. The Morgan fingerprint density at radius 3 is 2.48 bits per heavy atom. The van der Waals surface area contributed by atoms with E-state index in [2.05, 4.69) is 6.92 Å². The zero-order valence-corrected chi connectivity index (χ0v) is 12.5. The first-order valence-electron chi connectivity index (χ1n) is 7.58. The number of aliphatic hydroxyl groups excluding tert-OH is 3. The predicted molar refractivity (Wildman–Crippen MR) is 75.2 cm³/mol. The van der Waals surface area contributed by atoms with Gasteiger partial charge in [0.25, 0.3) is 0 Å². The van der Waals surface area contributed by atoms with E-state index in [1.807, 2.05) is 0 Å². The summed E-state index contributed by atoms with van der Waals surface area (Å²) in [6.45, 7) is 1.63. The van der Waals surface area contributed by atoms with Crippen molar-refractivity contribution in [3.8, 4) is 0 Å². The Balaban J connectivity index is 2.36. The number of nitrogens with two attached hydrogens (primary N) is 1. The van der Waals surface area contributed by atoms with E-state index in [1.54, 1.807) is 0 Å². The molecule has 5 atom stereocenters. The lowest BCUT2D eigenvalue weighted by Crippen LogP contribution is -2.62. The fourth-order valence-electron chi connectivity index (χ4n) is 2.27. The van der Waals surface area contributed by atoms with Gasteiger partial charge in [0, 0.05) is 6.42 Å². The first-order valence-corrected chi connectivity index (χ1v) is 7.58. The maximum absolute atomic E-state index is 11.7. The molecule has 0 aromatic rings. The summed E-state index contributed by atoms with van der Waals surface area (Å²) >= 11 is 0. The molecule has 0 radical (unpaired) electrons. The summed E-state index contributed by atoms with van der Waals surface area (Å²) in [6.07, 6.45) is 0.556. The molecule has 0 bridgehead atoms. The monoisotopic (exact) mass is 305 g/mol. The molecular weight excluding hydrogens is 278 g/mol. The van der Waals surface area contributed by atoms with Crippen molar-refractivity contribution in [2.45, 2.75) is 76.1 Å². The SMILES string of the molecule is CCCCCCCC(=O)OC1O[C@H](CO)[C@@H](O)[C@H](O)[C@H]1N. The Kier molecular flexibility index (Phi) is 8.13. The first-order chi connectivity index (χ1) is 10.0. The fraction of sp³-hybridized carbons (Fsp3) is 0.929. The van der Waals surface area contributed by atoms with Crippen LogP contribution in [0.15, 0.2) is 0 Å². The number of carbonyl (C=O) groups excluding carboxylic acids is 1. The van der Waals surface area contributed by atoms with Gasteiger partial charge in [0.1, 0.15) is 18.3 Å². The molecule has 7 nitrogen and oxygen atoms in total. The summed E-state index contributed by atoms with van der Waals surface area (Å²) in [5.74, 6) is -0.452. The third-order valence-corrected chi connectivity index (χ3v) is 3.66. The second kappa shape index (κ2) is 9.32. The standard InChI is InChI=1S/C14H27NO6/c1-2-3-4-5-6-7-10(17)21-14-11(15)13(19)12(18)9(8-16)20-14/h9,11-14,16,18-19H,2-8,15H2,1H3/t9-,11-,12-,13-,14?/m1/s1. The van der Waals surface area contributed by atoms with Crippen LogP contribution in [0.3, 0.4) is 0 Å². The molecule has 0 aromatic carbocycles. The van der Waals surface area contributed by atoms with Crippen LogP contribution in [0.1, 0.15) is 45.4 Å². The smallest absolute Gasteiger partial charge is 0.308 e. The van der Waals surface area contributed by atoms with Gasteiger partial charge in [-0.3, -0.25) is 4.79 Å². The quantitative estimate of drug-likeness (QED) is 0.357. The largest absolute Gasteiger partial charge is 0.434 e. The number of unbranched alkanes of at least 4 members (excludes halogenated alkanes) is 4. The minimum atomic E-state index is -1.31. The molecular formula is C14H27NO6. The van der Waals surface area contributed by atoms with E-state index >= 15 is 0 Å². The molecule has 7 heteroatoms. The van der Waals surface area contributed by atoms with E-state index < -0.39 is 43.2 Å². The van der Waals surface area contributed by atoms with Gasteiger partial charge in [-0.15, -0.1) is 0 Å². The van der Waals surface area contributed by atoms with Gasteiger partial charge in [-0.05, 0) is 6.42 Å². The average Bonchev–Trinajstić information content (AvgIpc) is 2.47. The number of hydrogen-bond acceptors (Lipinski definition) is 7. The van der Waals surface area contributed by atoms with E-state index in [0.717, 1.165) is 32.1 Å².